The zero-order valence-corrected chi connectivity index (χ0v) is 18.6. The minimum Gasteiger partial charge on any atom is -0.494 e. The Kier molecular flexibility index (Phi) is 5.70. The van der Waals surface area contributed by atoms with Crippen molar-refractivity contribution in [2.24, 2.45) is 0 Å². The first kappa shape index (κ1) is 20.8. The van der Waals surface area contributed by atoms with Crippen molar-refractivity contribution in [3.8, 4) is 22.8 Å². The molecule has 0 radical (unpaired) electrons. The van der Waals surface area contributed by atoms with Crippen molar-refractivity contribution in [3.63, 3.8) is 0 Å². The van der Waals surface area contributed by atoms with Crippen LogP contribution in [-0.4, -0.2) is 26.4 Å². The molecule has 3 aliphatic heterocycles. The molecule has 2 aromatic carbocycles. The van der Waals surface area contributed by atoms with Crippen molar-refractivity contribution < 1.29 is 9.13 Å². The van der Waals surface area contributed by atoms with Crippen molar-refractivity contribution in [1.82, 2.24) is 19.3 Å². The Morgan fingerprint density at radius 1 is 1.12 bits per heavy atom. The zero-order valence-electron chi connectivity index (χ0n) is 17.8. The van der Waals surface area contributed by atoms with Crippen molar-refractivity contribution >= 4 is 11.8 Å². The van der Waals surface area contributed by atoms with E-state index in [2.05, 4.69) is 9.67 Å². The fourth-order valence-electron chi connectivity index (χ4n) is 4.16. The first-order chi connectivity index (χ1) is 15.7. The highest BCUT2D eigenvalue weighted by Crippen LogP contribution is 2.32. The molecule has 0 saturated heterocycles. The number of thioether (sulfide) groups is 1. The summed E-state index contributed by atoms with van der Waals surface area (Å²) in [6.07, 6.45) is 4.00. The maximum Gasteiger partial charge on any atom is 0.284 e. The number of ether oxygens (including phenoxy) is 1. The average Bonchev–Trinajstić information content (AvgIpc) is 2.98. The number of halogens is 1. The lowest BCUT2D eigenvalue weighted by molar-refractivity contribution is 0.386. The molecule has 0 aromatic heterocycles. The molecular weight excluding hydrogens is 427 g/mol. The Morgan fingerprint density at radius 2 is 1.97 bits per heavy atom. The van der Waals surface area contributed by atoms with Crippen LogP contribution < -0.4 is 10.3 Å². The number of hydrogen-bond acceptors (Lipinski definition) is 5. The third-order valence-corrected chi connectivity index (χ3v) is 6.80. The topological polar surface area (TPSA) is 61.9 Å². The van der Waals surface area contributed by atoms with Gasteiger partial charge in [-0.25, -0.2) is 9.37 Å². The van der Waals surface area contributed by atoms with Gasteiger partial charge < -0.3 is 9.30 Å². The molecule has 0 saturated carbocycles. The minimum atomic E-state index is -0.377. The summed E-state index contributed by atoms with van der Waals surface area (Å²) in [5.74, 6) is 0.882. The lowest BCUT2D eigenvalue weighted by Crippen LogP contribution is -2.19. The van der Waals surface area contributed by atoms with Crippen molar-refractivity contribution in [2.45, 2.75) is 43.1 Å². The van der Waals surface area contributed by atoms with Gasteiger partial charge in [-0.1, -0.05) is 42.4 Å². The maximum atomic E-state index is 14.1. The maximum absolute atomic E-state index is 14.1. The largest absolute Gasteiger partial charge is 0.494 e. The number of aromatic nitrogens is 4. The highest BCUT2D eigenvalue weighted by molar-refractivity contribution is 7.98. The average molecular weight is 451 g/mol. The van der Waals surface area contributed by atoms with E-state index in [0.717, 1.165) is 54.3 Å². The second-order valence-corrected chi connectivity index (χ2v) is 8.75. The SMILES string of the molecule is COc1ccc(CSc2nc3nn(-c4ccccc4)c(=O)c-3c3n2CCCCC3)cc1F. The Balaban J connectivity index is 1.57. The summed E-state index contributed by atoms with van der Waals surface area (Å²) < 4.78 is 22.7. The standard InChI is InChI=1S/C24H23FN4O2S/c1-31-20-12-11-16(14-18(20)25)15-32-24-26-22-21(19-10-6-3-7-13-28(19)24)23(30)29(27-22)17-8-4-2-5-9-17/h2,4-5,8-9,11-12,14H,3,6-7,10,13,15H2,1H3. The van der Waals surface area contributed by atoms with Gasteiger partial charge in [0, 0.05) is 18.0 Å². The normalized spacial score (nSPS) is 13.7. The molecule has 3 aliphatic rings. The van der Waals surface area contributed by atoms with Gasteiger partial charge in [0.1, 0.15) is 5.56 Å². The molecule has 0 aliphatic carbocycles. The molecule has 0 bridgehead atoms. The summed E-state index contributed by atoms with van der Waals surface area (Å²) in [5.41, 5.74) is 3.06. The summed E-state index contributed by atoms with van der Waals surface area (Å²) in [7, 11) is 1.46. The van der Waals surface area contributed by atoms with Crippen molar-refractivity contribution in [1.29, 1.82) is 0 Å². The van der Waals surface area contributed by atoms with Crippen LogP contribution in [0.4, 0.5) is 4.39 Å². The van der Waals surface area contributed by atoms with Gasteiger partial charge in [-0.2, -0.15) is 4.68 Å². The van der Waals surface area contributed by atoms with Gasteiger partial charge in [-0.3, -0.25) is 4.79 Å². The van der Waals surface area contributed by atoms with E-state index in [1.807, 2.05) is 36.4 Å². The monoisotopic (exact) mass is 450 g/mol. The van der Waals surface area contributed by atoms with E-state index in [0.29, 0.717) is 17.1 Å². The summed E-state index contributed by atoms with van der Waals surface area (Å²) >= 11 is 1.54. The van der Waals surface area contributed by atoms with Crippen LogP contribution in [-0.2, 0) is 18.7 Å². The van der Waals surface area contributed by atoms with Crippen LogP contribution in [0.1, 0.15) is 30.5 Å². The van der Waals surface area contributed by atoms with Crippen LogP contribution in [0.2, 0.25) is 0 Å². The van der Waals surface area contributed by atoms with E-state index in [9.17, 15) is 9.18 Å². The van der Waals surface area contributed by atoms with E-state index in [1.165, 1.54) is 29.6 Å². The third kappa shape index (κ3) is 3.79. The van der Waals surface area contributed by atoms with Gasteiger partial charge in [0.15, 0.2) is 22.5 Å². The summed E-state index contributed by atoms with van der Waals surface area (Å²) in [6.45, 7) is 0.813. The molecular formula is C24H23FN4O2S. The molecule has 0 unspecified atom stereocenters. The van der Waals surface area contributed by atoms with Crippen LogP contribution in [0.25, 0.3) is 17.1 Å². The van der Waals surface area contributed by atoms with Gasteiger partial charge in [-0.05, 0) is 49.1 Å². The fraction of sp³-hybridized carbons (Fsp3) is 0.292. The Hall–Kier alpha value is -3.13. The van der Waals surface area contributed by atoms with Gasteiger partial charge in [0.25, 0.3) is 5.56 Å². The number of fused-ring (bicyclic) bond motifs is 3. The highest BCUT2D eigenvalue weighted by Gasteiger charge is 2.27. The predicted octanol–water partition coefficient (Wildman–Crippen LogP) is 4.70. The molecule has 3 heterocycles. The quantitative estimate of drug-likeness (QED) is 0.326. The summed E-state index contributed by atoms with van der Waals surface area (Å²) in [4.78, 5) is 18.1. The first-order valence-corrected chi connectivity index (χ1v) is 11.7. The fourth-order valence-corrected chi connectivity index (χ4v) is 5.14. The number of benzene rings is 2. The Morgan fingerprint density at radius 3 is 2.75 bits per heavy atom. The second-order valence-electron chi connectivity index (χ2n) is 7.81. The van der Waals surface area contributed by atoms with Crippen LogP contribution in [0.3, 0.4) is 0 Å². The van der Waals surface area contributed by atoms with E-state index in [-0.39, 0.29) is 17.1 Å². The number of nitrogens with zero attached hydrogens (tertiary/aromatic N) is 4. The number of methoxy groups -OCH3 is 1. The zero-order chi connectivity index (χ0) is 22.1. The summed E-state index contributed by atoms with van der Waals surface area (Å²) in [5, 5.41) is 5.37. The highest BCUT2D eigenvalue weighted by atomic mass is 32.2. The van der Waals surface area contributed by atoms with Gasteiger partial charge in [0.05, 0.1) is 12.8 Å². The molecule has 0 fully saturated rings. The smallest absolute Gasteiger partial charge is 0.284 e. The third-order valence-electron chi connectivity index (χ3n) is 5.75. The van der Waals surface area contributed by atoms with E-state index in [1.54, 1.807) is 6.07 Å². The van der Waals surface area contributed by atoms with Crippen LogP contribution in [0, 0.1) is 5.82 Å². The molecule has 0 amide bonds. The lowest BCUT2D eigenvalue weighted by atomic mass is 10.1. The summed E-state index contributed by atoms with van der Waals surface area (Å²) in [6, 6.07) is 14.4. The van der Waals surface area contributed by atoms with Crippen molar-refractivity contribution in [3.05, 3.63) is 76.0 Å². The lowest BCUT2D eigenvalue weighted by Gasteiger charge is -2.17. The molecule has 8 heteroatoms. The van der Waals surface area contributed by atoms with E-state index < -0.39 is 0 Å². The van der Waals surface area contributed by atoms with Crippen LogP contribution >= 0.6 is 11.8 Å². The molecule has 164 valence electrons. The second kappa shape index (κ2) is 8.78. The number of hydrogen-bond donors (Lipinski definition) is 0. The van der Waals surface area contributed by atoms with Crippen LogP contribution in [0.15, 0.2) is 58.5 Å². The van der Waals surface area contributed by atoms with Crippen LogP contribution in [0.5, 0.6) is 5.75 Å². The van der Waals surface area contributed by atoms with Gasteiger partial charge in [0.2, 0.25) is 0 Å². The molecule has 32 heavy (non-hydrogen) atoms. The van der Waals surface area contributed by atoms with E-state index >= 15 is 0 Å². The molecule has 6 nitrogen and oxygen atoms in total. The Labute approximate surface area is 189 Å². The minimum absolute atomic E-state index is 0.127. The number of rotatable bonds is 5. The molecule has 0 N–H and O–H groups in total. The van der Waals surface area contributed by atoms with E-state index in [4.69, 9.17) is 9.72 Å². The first-order valence-electron chi connectivity index (χ1n) is 10.7. The molecule has 0 atom stereocenters. The number of para-hydroxylation sites is 1. The van der Waals surface area contributed by atoms with Gasteiger partial charge >= 0.3 is 0 Å². The molecule has 2 aromatic rings. The molecule has 0 spiro atoms. The van der Waals surface area contributed by atoms with Gasteiger partial charge in [-0.15, -0.1) is 5.10 Å². The Bertz CT molecular complexity index is 1290. The molecule has 5 rings (SSSR count). The predicted molar refractivity (Wildman–Crippen MR) is 122 cm³/mol. The van der Waals surface area contributed by atoms with Crippen molar-refractivity contribution in [2.75, 3.05) is 7.11 Å².